The highest BCUT2D eigenvalue weighted by Gasteiger charge is 2.24. The van der Waals surface area contributed by atoms with Crippen LogP contribution in [0.3, 0.4) is 0 Å². The molecule has 3 rings (SSSR count). The number of fused-ring (bicyclic) bond motifs is 1. The van der Waals surface area contributed by atoms with Crippen molar-refractivity contribution in [1.82, 2.24) is 0 Å². The van der Waals surface area contributed by atoms with Crippen molar-refractivity contribution in [2.75, 3.05) is 35.7 Å². The highest BCUT2D eigenvalue weighted by Crippen LogP contribution is 2.31. The molecular weight excluding hydrogens is 368 g/mol. The highest BCUT2D eigenvalue weighted by molar-refractivity contribution is 5.97. The van der Waals surface area contributed by atoms with E-state index in [-0.39, 0.29) is 24.0 Å². The first-order valence-corrected chi connectivity index (χ1v) is 8.85. The smallest absolute Gasteiger partial charge is 0.243 e. The van der Waals surface area contributed by atoms with E-state index in [4.69, 9.17) is 4.74 Å². The molecule has 0 bridgehead atoms. The van der Waals surface area contributed by atoms with Crippen LogP contribution in [0.4, 0.5) is 25.8 Å². The number of ether oxygens (including phenoxy) is 1. The lowest BCUT2D eigenvalue weighted by atomic mass is 10.0. The van der Waals surface area contributed by atoms with E-state index in [0.717, 1.165) is 6.07 Å². The number of nitrogens with zero attached hydrogens (tertiary/aromatic N) is 1. The lowest BCUT2D eigenvalue weighted by Gasteiger charge is -2.31. The van der Waals surface area contributed by atoms with Gasteiger partial charge in [0.1, 0.15) is 17.4 Å². The van der Waals surface area contributed by atoms with Crippen LogP contribution in [0.15, 0.2) is 30.3 Å². The molecule has 0 saturated carbocycles. The Balaban J connectivity index is 1.78. The van der Waals surface area contributed by atoms with E-state index >= 15 is 0 Å². The number of halogens is 2. The molecule has 0 spiro atoms. The van der Waals surface area contributed by atoms with E-state index in [0.29, 0.717) is 42.1 Å². The summed E-state index contributed by atoms with van der Waals surface area (Å²) in [6.45, 7) is 1.78. The number of carbonyl (C=O) groups excluding carboxylic acids is 2. The second kappa shape index (κ2) is 8.24. The summed E-state index contributed by atoms with van der Waals surface area (Å²) in [7, 11) is 1.47. The first-order valence-electron chi connectivity index (χ1n) is 8.85. The van der Waals surface area contributed by atoms with Gasteiger partial charge >= 0.3 is 0 Å². The monoisotopic (exact) mass is 389 g/mol. The van der Waals surface area contributed by atoms with Crippen molar-refractivity contribution in [3.05, 3.63) is 47.5 Å². The van der Waals surface area contributed by atoms with E-state index in [2.05, 4.69) is 10.6 Å². The van der Waals surface area contributed by atoms with E-state index in [1.165, 1.54) is 20.1 Å². The number of hydrogen-bond acceptors (Lipinski definition) is 4. The molecule has 6 nitrogen and oxygen atoms in total. The van der Waals surface area contributed by atoms with Crippen LogP contribution in [-0.4, -0.2) is 32.0 Å². The maximum absolute atomic E-state index is 14.3. The Labute approximate surface area is 161 Å². The lowest BCUT2D eigenvalue weighted by Crippen LogP contribution is -2.37. The number of carbonyl (C=O) groups is 2. The van der Waals surface area contributed by atoms with Gasteiger partial charge in [0.05, 0.1) is 25.0 Å². The van der Waals surface area contributed by atoms with Gasteiger partial charge < -0.3 is 20.3 Å². The van der Waals surface area contributed by atoms with E-state index in [9.17, 15) is 18.4 Å². The molecule has 148 valence electrons. The molecule has 2 aromatic rings. The summed E-state index contributed by atoms with van der Waals surface area (Å²) in [5.41, 5.74) is 1.72. The zero-order valence-corrected chi connectivity index (χ0v) is 15.6. The van der Waals surface area contributed by atoms with Gasteiger partial charge in [-0.05, 0) is 42.7 Å². The van der Waals surface area contributed by atoms with Crippen molar-refractivity contribution >= 4 is 28.9 Å². The Morgan fingerprint density at radius 3 is 2.68 bits per heavy atom. The predicted molar refractivity (Wildman–Crippen MR) is 103 cm³/mol. The average Bonchev–Trinajstić information content (AvgIpc) is 2.61. The second-order valence-electron chi connectivity index (χ2n) is 6.56. The van der Waals surface area contributed by atoms with Crippen LogP contribution in [-0.2, 0) is 16.0 Å². The van der Waals surface area contributed by atoms with Crippen LogP contribution in [0, 0.1) is 11.6 Å². The fourth-order valence-electron chi connectivity index (χ4n) is 3.34. The summed E-state index contributed by atoms with van der Waals surface area (Å²) >= 11 is 0. The van der Waals surface area contributed by atoms with Gasteiger partial charge in [0.15, 0.2) is 0 Å². The van der Waals surface area contributed by atoms with Crippen molar-refractivity contribution in [1.29, 1.82) is 0 Å². The first-order chi connectivity index (χ1) is 13.4. The summed E-state index contributed by atoms with van der Waals surface area (Å²) < 4.78 is 33.0. The zero-order valence-electron chi connectivity index (χ0n) is 15.6. The normalized spacial score (nSPS) is 12.9. The summed E-state index contributed by atoms with van der Waals surface area (Å²) in [4.78, 5) is 25.4. The third-order valence-corrected chi connectivity index (χ3v) is 4.43. The van der Waals surface area contributed by atoms with Crippen LogP contribution in [0.5, 0.6) is 5.75 Å². The molecule has 28 heavy (non-hydrogen) atoms. The topological polar surface area (TPSA) is 70.7 Å². The molecule has 8 heteroatoms. The number of aryl methyl sites for hydroxylation is 1. The molecule has 1 aliphatic rings. The summed E-state index contributed by atoms with van der Waals surface area (Å²) in [6.07, 6.45) is 1.26. The molecule has 2 N–H and O–H groups in total. The molecule has 1 heterocycles. The molecule has 0 aliphatic carbocycles. The van der Waals surface area contributed by atoms with Crippen LogP contribution in [0.25, 0.3) is 0 Å². The summed E-state index contributed by atoms with van der Waals surface area (Å²) in [5, 5.41) is 5.37. The zero-order chi connectivity index (χ0) is 20.3. The third kappa shape index (κ3) is 4.39. The molecule has 2 aromatic carbocycles. The standard InChI is InChI=1S/C20H21F2N3O3/c1-12(26)23-15-5-6-18(28-2)17(10-15)24-19(27)11-25-7-3-4-13-8-14(21)9-16(22)20(13)25/h5-6,8-10H,3-4,7,11H2,1-2H3,(H,23,26)(H,24,27). The number of methoxy groups -OCH3 is 1. The maximum atomic E-state index is 14.3. The van der Waals surface area contributed by atoms with Gasteiger partial charge in [-0.3, -0.25) is 9.59 Å². The minimum absolute atomic E-state index is 0.0942. The highest BCUT2D eigenvalue weighted by atomic mass is 19.1. The molecule has 0 fully saturated rings. The maximum Gasteiger partial charge on any atom is 0.243 e. The number of rotatable bonds is 5. The summed E-state index contributed by atoms with van der Waals surface area (Å²) in [6, 6.07) is 7.00. The van der Waals surface area contributed by atoms with Gasteiger partial charge in [0.2, 0.25) is 11.8 Å². The van der Waals surface area contributed by atoms with E-state index in [1.54, 1.807) is 23.1 Å². The number of benzene rings is 2. The largest absolute Gasteiger partial charge is 0.495 e. The molecule has 2 amide bonds. The number of nitrogens with one attached hydrogen (secondary N) is 2. The van der Waals surface area contributed by atoms with Crippen molar-refractivity contribution in [3.63, 3.8) is 0 Å². The van der Waals surface area contributed by atoms with Crippen LogP contribution in [0.1, 0.15) is 18.9 Å². The average molecular weight is 389 g/mol. The Morgan fingerprint density at radius 1 is 1.18 bits per heavy atom. The lowest BCUT2D eigenvalue weighted by molar-refractivity contribution is -0.115. The fraction of sp³-hybridized carbons (Fsp3) is 0.300. The SMILES string of the molecule is COc1ccc(NC(C)=O)cc1NC(=O)CN1CCCc2cc(F)cc(F)c21. The van der Waals surface area contributed by atoms with Crippen molar-refractivity contribution in [3.8, 4) is 5.75 Å². The minimum atomic E-state index is -0.673. The Kier molecular flexibility index (Phi) is 5.77. The van der Waals surface area contributed by atoms with E-state index < -0.39 is 11.6 Å². The second-order valence-corrected chi connectivity index (χ2v) is 6.56. The summed E-state index contributed by atoms with van der Waals surface area (Å²) in [5.74, 6) is -1.49. The molecule has 0 radical (unpaired) electrons. The minimum Gasteiger partial charge on any atom is -0.495 e. The molecule has 0 saturated heterocycles. The quantitative estimate of drug-likeness (QED) is 0.823. The number of anilines is 3. The van der Waals surface area contributed by atoms with Crippen molar-refractivity contribution in [2.24, 2.45) is 0 Å². The van der Waals surface area contributed by atoms with Gasteiger partial charge in [-0.1, -0.05) is 0 Å². The van der Waals surface area contributed by atoms with Crippen molar-refractivity contribution < 1.29 is 23.1 Å². The van der Waals surface area contributed by atoms with Gasteiger partial charge in [0.25, 0.3) is 0 Å². The van der Waals surface area contributed by atoms with Gasteiger partial charge in [-0.2, -0.15) is 0 Å². The Hall–Kier alpha value is -3.16. The predicted octanol–water partition coefficient (Wildman–Crippen LogP) is 3.32. The Bertz CT molecular complexity index is 918. The fourth-order valence-corrected chi connectivity index (χ4v) is 3.34. The molecular formula is C20H21F2N3O3. The van der Waals surface area contributed by atoms with Gasteiger partial charge in [-0.15, -0.1) is 0 Å². The molecule has 0 aromatic heterocycles. The van der Waals surface area contributed by atoms with Crippen LogP contribution in [0.2, 0.25) is 0 Å². The molecule has 1 aliphatic heterocycles. The Morgan fingerprint density at radius 2 is 1.96 bits per heavy atom. The number of amides is 2. The number of hydrogen-bond donors (Lipinski definition) is 2. The van der Waals surface area contributed by atoms with E-state index in [1.807, 2.05) is 0 Å². The van der Waals surface area contributed by atoms with Gasteiger partial charge in [0, 0.05) is 25.2 Å². The molecule has 0 unspecified atom stereocenters. The van der Waals surface area contributed by atoms with Crippen LogP contribution >= 0.6 is 0 Å². The van der Waals surface area contributed by atoms with Gasteiger partial charge in [-0.25, -0.2) is 8.78 Å². The molecule has 0 atom stereocenters. The first kappa shape index (κ1) is 19.6. The third-order valence-electron chi connectivity index (χ3n) is 4.43. The van der Waals surface area contributed by atoms with Crippen LogP contribution < -0.4 is 20.3 Å². The van der Waals surface area contributed by atoms with Crippen molar-refractivity contribution in [2.45, 2.75) is 19.8 Å².